The van der Waals surface area contributed by atoms with Crippen LogP contribution < -0.4 is 15.4 Å². The van der Waals surface area contributed by atoms with Crippen molar-refractivity contribution >= 4 is 11.9 Å². The van der Waals surface area contributed by atoms with Crippen LogP contribution in [0, 0.1) is 0 Å². The minimum Gasteiger partial charge on any atom is -0.497 e. The molecule has 1 saturated heterocycles. The Morgan fingerprint density at radius 2 is 1.97 bits per heavy atom. The lowest BCUT2D eigenvalue weighted by Crippen LogP contribution is -2.43. The van der Waals surface area contributed by atoms with Crippen LogP contribution in [0.15, 0.2) is 48.5 Å². The summed E-state index contributed by atoms with van der Waals surface area (Å²) >= 11 is 0. The van der Waals surface area contributed by atoms with Gasteiger partial charge in [-0.2, -0.15) is 0 Å². The number of nitrogens with zero attached hydrogens (tertiary/aromatic N) is 1. The molecule has 1 aliphatic heterocycles. The zero-order valence-corrected chi connectivity index (χ0v) is 18.0. The second-order valence-corrected chi connectivity index (χ2v) is 7.67. The fourth-order valence-corrected chi connectivity index (χ4v) is 4.02. The number of likely N-dealkylation sites (tertiary alicyclic amines) is 1. The SMILES string of the molecule is CC[C@@H](NC(=O)c1cccc([C@@H]2CCCN(C(=O)NC)C2)c1)c1ccc(OC)cc1. The number of piperidine rings is 1. The van der Waals surface area contributed by atoms with Gasteiger partial charge in [-0.25, -0.2) is 4.79 Å². The quantitative estimate of drug-likeness (QED) is 0.755. The highest BCUT2D eigenvalue weighted by molar-refractivity contribution is 5.94. The number of nitrogens with one attached hydrogen (secondary N) is 2. The fraction of sp³-hybridized carbons (Fsp3) is 0.417. The number of carbonyl (C=O) groups excluding carboxylic acids is 2. The molecular weight excluding hydrogens is 378 g/mol. The van der Waals surface area contributed by atoms with Gasteiger partial charge in [0.2, 0.25) is 0 Å². The van der Waals surface area contributed by atoms with Crippen molar-refractivity contribution in [3.05, 3.63) is 65.2 Å². The summed E-state index contributed by atoms with van der Waals surface area (Å²) in [4.78, 5) is 26.8. The van der Waals surface area contributed by atoms with Gasteiger partial charge in [0, 0.05) is 31.6 Å². The van der Waals surface area contributed by atoms with E-state index in [1.807, 2.05) is 47.4 Å². The van der Waals surface area contributed by atoms with Crippen LogP contribution in [0.25, 0.3) is 0 Å². The highest BCUT2D eigenvalue weighted by Crippen LogP contribution is 2.28. The highest BCUT2D eigenvalue weighted by atomic mass is 16.5. The van der Waals surface area contributed by atoms with Gasteiger partial charge in [-0.1, -0.05) is 31.2 Å². The predicted octanol–water partition coefficient (Wildman–Crippen LogP) is 4.10. The topological polar surface area (TPSA) is 70.7 Å². The van der Waals surface area contributed by atoms with E-state index in [0.717, 1.165) is 42.7 Å². The molecule has 0 aromatic heterocycles. The minimum absolute atomic E-state index is 0.0427. The Morgan fingerprint density at radius 1 is 1.20 bits per heavy atom. The summed E-state index contributed by atoms with van der Waals surface area (Å²) < 4.78 is 5.22. The summed E-state index contributed by atoms with van der Waals surface area (Å²) in [7, 11) is 3.30. The molecule has 1 heterocycles. The van der Waals surface area contributed by atoms with Gasteiger partial charge in [-0.15, -0.1) is 0 Å². The molecular formula is C24H31N3O3. The Labute approximate surface area is 178 Å². The Kier molecular flexibility index (Phi) is 7.33. The van der Waals surface area contributed by atoms with Crippen molar-refractivity contribution in [2.45, 2.75) is 38.1 Å². The Morgan fingerprint density at radius 3 is 2.63 bits per heavy atom. The molecule has 2 aromatic carbocycles. The molecule has 3 rings (SSSR count). The smallest absolute Gasteiger partial charge is 0.317 e. The van der Waals surface area contributed by atoms with Gasteiger partial charge in [0.1, 0.15) is 5.75 Å². The Balaban J connectivity index is 1.71. The average molecular weight is 410 g/mol. The summed E-state index contributed by atoms with van der Waals surface area (Å²) in [6.45, 7) is 3.51. The summed E-state index contributed by atoms with van der Waals surface area (Å²) in [6.07, 6.45) is 2.77. The van der Waals surface area contributed by atoms with Crippen molar-refractivity contribution in [1.82, 2.24) is 15.5 Å². The van der Waals surface area contributed by atoms with E-state index in [9.17, 15) is 9.59 Å². The minimum atomic E-state index is -0.0847. The number of carbonyl (C=O) groups is 2. The van der Waals surface area contributed by atoms with Crippen molar-refractivity contribution in [2.75, 3.05) is 27.2 Å². The van der Waals surface area contributed by atoms with Crippen LogP contribution in [0.2, 0.25) is 0 Å². The summed E-state index contributed by atoms with van der Waals surface area (Å²) in [5.41, 5.74) is 2.81. The van der Waals surface area contributed by atoms with Crippen LogP contribution in [0.4, 0.5) is 4.79 Å². The normalized spacial score (nSPS) is 17.2. The van der Waals surface area contributed by atoms with Crippen LogP contribution in [0.3, 0.4) is 0 Å². The maximum absolute atomic E-state index is 13.0. The maximum atomic E-state index is 13.0. The summed E-state index contributed by atoms with van der Waals surface area (Å²) in [5.74, 6) is 0.955. The van der Waals surface area contributed by atoms with Gasteiger partial charge in [0.25, 0.3) is 5.91 Å². The van der Waals surface area contributed by atoms with E-state index < -0.39 is 0 Å². The molecule has 2 aromatic rings. The monoisotopic (exact) mass is 409 g/mol. The van der Waals surface area contributed by atoms with Gasteiger partial charge in [0.15, 0.2) is 0 Å². The molecule has 6 nitrogen and oxygen atoms in total. The third-order valence-electron chi connectivity index (χ3n) is 5.77. The molecule has 0 bridgehead atoms. The van der Waals surface area contributed by atoms with E-state index >= 15 is 0 Å². The first-order valence-corrected chi connectivity index (χ1v) is 10.6. The number of hydrogen-bond donors (Lipinski definition) is 2. The predicted molar refractivity (Wildman–Crippen MR) is 118 cm³/mol. The molecule has 1 fully saturated rings. The molecule has 0 aliphatic carbocycles. The van der Waals surface area contributed by atoms with Crippen molar-refractivity contribution in [2.24, 2.45) is 0 Å². The van der Waals surface area contributed by atoms with Crippen molar-refractivity contribution in [3.63, 3.8) is 0 Å². The number of benzene rings is 2. The van der Waals surface area contributed by atoms with Gasteiger partial charge < -0.3 is 20.3 Å². The van der Waals surface area contributed by atoms with Crippen LogP contribution in [-0.4, -0.2) is 44.1 Å². The van der Waals surface area contributed by atoms with E-state index in [4.69, 9.17) is 4.74 Å². The first-order chi connectivity index (χ1) is 14.5. The third-order valence-corrected chi connectivity index (χ3v) is 5.77. The van der Waals surface area contributed by atoms with E-state index in [1.54, 1.807) is 14.2 Å². The van der Waals surface area contributed by atoms with Crippen LogP contribution in [0.5, 0.6) is 5.75 Å². The van der Waals surface area contributed by atoms with Crippen LogP contribution in [-0.2, 0) is 0 Å². The second kappa shape index (κ2) is 10.1. The largest absolute Gasteiger partial charge is 0.497 e. The Hall–Kier alpha value is -3.02. The molecule has 30 heavy (non-hydrogen) atoms. The van der Waals surface area contributed by atoms with E-state index in [0.29, 0.717) is 12.1 Å². The first kappa shape index (κ1) is 21.7. The molecule has 2 N–H and O–H groups in total. The van der Waals surface area contributed by atoms with Crippen LogP contribution >= 0.6 is 0 Å². The third kappa shape index (κ3) is 5.12. The van der Waals surface area contributed by atoms with Gasteiger partial charge in [-0.3, -0.25) is 4.79 Å². The van der Waals surface area contributed by atoms with Gasteiger partial charge in [-0.05, 0) is 54.7 Å². The number of amides is 3. The fourth-order valence-electron chi connectivity index (χ4n) is 4.02. The zero-order valence-electron chi connectivity index (χ0n) is 18.0. The van der Waals surface area contributed by atoms with E-state index in [1.165, 1.54) is 0 Å². The average Bonchev–Trinajstić information content (AvgIpc) is 2.82. The van der Waals surface area contributed by atoms with E-state index in [-0.39, 0.29) is 23.9 Å². The summed E-state index contributed by atoms with van der Waals surface area (Å²) in [6, 6.07) is 15.5. The van der Waals surface area contributed by atoms with Gasteiger partial charge >= 0.3 is 6.03 Å². The molecule has 6 heteroatoms. The zero-order chi connectivity index (χ0) is 21.5. The second-order valence-electron chi connectivity index (χ2n) is 7.67. The molecule has 0 unspecified atom stereocenters. The molecule has 0 radical (unpaired) electrons. The molecule has 1 aliphatic rings. The lowest BCUT2D eigenvalue weighted by molar-refractivity contribution is 0.0935. The first-order valence-electron chi connectivity index (χ1n) is 10.6. The standard InChI is InChI=1S/C24H31N3O3/c1-4-22(17-10-12-21(30-3)13-11-17)26-23(28)19-8-5-7-18(15-19)20-9-6-14-27(16-20)24(29)25-2/h5,7-8,10-13,15,20,22H,4,6,9,14,16H2,1-3H3,(H,25,29)(H,26,28)/t20-,22-/m1/s1. The lowest BCUT2D eigenvalue weighted by Gasteiger charge is -2.32. The number of urea groups is 1. The molecule has 160 valence electrons. The highest BCUT2D eigenvalue weighted by Gasteiger charge is 2.25. The van der Waals surface area contributed by atoms with Crippen molar-refractivity contribution < 1.29 is 14.3 Å². The molecule has 0 saturated carbocycles. The number of ether oxygens (including phenoxy) is 1. The van der Waals surface area contributed by atoms with Crippen molar-refractivity contribution in [1.29, 1.82) is 0 Å². The summed E-state index contributed by atoms with van der Waals surface area (Å²) in [5, 5.41) is 5.85. The number of methoxy groups -OCH3 is 1. The molecule has 0 spiro atoms. The maximum Gasteiger partial charge on any atom is 0.317 e. The Bertz CT molecular complexity index is 866. The molecule has 2 atom stereocenters. The number of hydrogen-bond acceptors (Lipinski definition) is 3. The molecule has 3 amide bonds. The van der Waals surface area contributed by atoms with Crippen molar-refractivity contribution in [3.8, 4) is 5.75 Å². The van der Waals surface area contributed by atoms with E-state index in [2.05, 4.69) is 23.6 Å². The lowest BCUT2D eigenvalue weighted by atomic mass is 9.89. The van der Waals surface area contributed by atoms with Gasteiger partial charge in [0.05, 0.1) is 13.2 Å². The number of rotatable bonds is 6. The van der Waals surface area contributed by atoms with Crippen LogP contribution in [0.1, 0.15) is 59.6 Å².